The first-order valence-electron chi connectivity index (χ1n) is 12.4. The van der Waals surface area contributed by atoms with Crippen molar-refractivity contribution in [3.63, 3.8) is 0 Å². The van der Waals surface area contributed by atoms with Crippen LogP contribution in [0, 0.1) is 7.43 Å². The quantitative estimate of drug-likeness (QED) is 0.0305. The molecule has 0 saturated carbocycles. The molecule has 0 aromatic heterocycles. The van der Waals surface area contributed by atoms with Gasteiger partial charge >= 0.3 is 128 Å². The molecule has 20 N–H and O–H groups in total. The molecule has 0 atom stereocenters. The molecule has 1 radical (unpaired) electrons. The second kappa shape index (κ2) is 97.7. The minimum absolute atomic E-state index is 0. The number of hydrogen-bond donors (Lipinski definition) is 11. The number of carbonyl (C=O) groups excluding carboxylic acids is 3. The van der Waals surface area contributed by atoms with Crippen molar-refractivity contribution in [2.75, 3.05) is 109 Å². The van der Waals surface area contributed by atoms with Crippen LogP contribution in [0.2, 0.25) is 0 Å². The summed E-state index contributed by atoms with van der Waals surface area (Å²) < 4.78 is 0. The molecular weight excluding hydrogens is 830 g/mol. The number of nitrogens with zero attached hydrogens (tertiary/aromatic N) is 4. The van der Waals surface area contributed by atoms with Gasteiger partial charge in [0, 0.05) is 78.5 Å². The van der Waals surface area contributed by atoms with Crippen LogP contribution in [0.5, 0.6) is 0 Å². The molecule has 4 amide bonds. The average Bonchev–Trinajstić information content (AvgIpc) is 3.47. The summed E-state index contributed by atoms with van der Waals surface area (Å²) in [4.78, 5) is 33.8. The predicted molar refractivity (Wildman–Crippen MR) is 201 cm³/mol. The van der Waals surface area contributed by atoms with Crippen molar-refractivity contribution in [3.8, 4) is 0 Å². The molecule has 293 valence electrons. The van der Waals surface area contributed by atoms with Crippen molar-refractivity contribution in [2.45, 2.75) is 36.1 Å². The first-order valence-corrected chi connectivity index (χ1v) is 12.9. The van der Waals surface area contributed by atoms with Crippen LogP contribution in [0.25, 0.3) is 5.84 Å². The molecule has 2 fully saturated rings. The summed E-state index contributed by atoms with van der Waals surface area (Å²) in [5, 5.41) is 12.0. The second-order valence-corrected chi connectivity index (χ2v) is 6.61. The molecule has 19 nitrogen and oxygen atoms in total. The number of urea groups is 2. The molecule has 0 spiro atoms. The number of Topliss-reactive ketones (excluding diaryl/α,β-unsaturated/α-hetero) is 1. The van der Waals surface area contributed by atoms with Gasteiger partial charge in [0.1, 0.15) is 5.78 Å². The number of nitrogens with one attached hydrogen (secondary N) is 4. The maximum Gasteiger partial charge on any atom is 1.00 e. The third-order valence-corrected chi connectivity index (χ3v) is 3.38. The van der Waals surface area contributed by atoms with Crippen LogP contribution in [0.1, 0.15) is 36.1 Å². The fraction of sp³-hybridized carbons (Fsp3) is 0.840. The van der Waals surface area contributed by atoms with Gasteiger partial charge in [-0.15, -0.1) is 0 Å². The molecule has 0 aromatic rings. The average molecular weight is 911 g/mol. The van der Waals surface area contributed by atoms with Crippen LogP contribution in [0.3, 0.4) is 0 Å². The van der Waals surface area contributed by atoms with E-state index in [9.17, 15) is 14.4 Å². The van der Waals surface area contributed by atoms with E-state index in [0.29, 0.717) is 19.6 Å². The molecule has 48 heavy (non-hydrogen) atoms. The Bertz CT molecular complexity index is 447. The Morgan fingerprint density at radius 1 is 0.750 bits per heavy atom. The predicted octanol–water partition coefficient (Wildman–Crippen LogP) is -7.26. The number of hydrogen-bond acceptors (Lipinski definition) is 14. The number of hydrazine groups is 2. The minimum Gasteiger partial charge on any atom is -0.579 e. The topological polar surface area (TPSA) is 332 Å². The number of halogens is 1. The van der Waals surface area contributed by atoms with Crippen molar-refractivity contribution in [2.24, 2.45) is 45.6 Å². The van der Waals surface area contributed by atoms with Crippen LogP contribution < -0.4 is 178 Å². The van der Waals surface area contributed by atoms with Gasteiger partial charge in [0.05, 0.1) is 6.54 Å². The Balaban J connectivity index is -0.0000000200. The molecule has 0 bridgehead atoms. The largest absolute Gasteiger partial charge is 1.00 e. The molecule has 2 aliphatic heterocycles. The zero-order valence-electron chi connectivity index (χ0n) is 30.6. The van der Waals surface area contributed by atoms with Crippen molar-refractivity contribution >= 4 is 29.6 Å². The van der Waals surface area contributed by atoms with Crippen molar-refractivity contribution < 1.29 is 149 Å². The number of likely N-dealkylation sites (N-methyl/N-ethyl adjacent to an activating group) is 4. The molecule has 0 aromatic carbocycles. The monoisotopic (exact) mass is 909 g/mol. The fourth-order valence-corrected chi connectivity index (χ4v) is 1.66. The summed E-state index contributed by atoms with van der Waals surface area (Å²) in [6.45, 7) is 9.08. The second-order valence-electron chi connectivity index (χ2n) is 6.61. The van der Waals surface area contributed by atoms with Gasteiger partial charge in [0.2, 0.25) is 0 Å². The number of carbonyl (C=O) groups is 3. The van der Waals surface area contributed by atoms with E-state index in [2.05, 4.69) is 56.0 Å². The Kier molecular flexibility index (Phi) is 200. The van der Waals surface area contributed by atoms with Gasteiger partial charge in [-0.1, -0.05) is 22.3 Å². The summed E-state index contributed by atoms with van der Waals surface area (Å²) >= 11 is 4.14. The van der Waals surface area contributed by atoms with E-state index in [4.69, 9.17) is 23.3 Å². The van der Waals surface area contributed by atoms with E-state index in [-0.39, 0.29) is 182 Å². The van der Waals surface area contributed by atoms with Crippen LogP contribution in [0.15, 0.2) is 0 Å². The van der Waals surface area contributed by atoms with E-state index < -0.39 is 0 Å². The van der Waals surface area contributed by atoms with Crippen molar-refractivity contribution in [3.05, 3.63) is 13.3 Å². The van der Waals surface area contributed by atoms with Gasteiger partial charge in [-0.25, -0.2) is 15.9 Å². The standard InChI is InChI=1S/C4H9N3O.C4H8N3O.C3H11N3.C3H10N2.C3H6O.4CH5N.3CH4.CH3.ClH2N.2Rb.V/c2*1-6-2-3-7(5)4(6)8;1-5-2-3-6-4;1-5-3-2-4;1-3(2)4;4*1-2;;;;;1-2;;;/h2-3,5H2,1H3;5H,2-3H2,1H3;5-6H,2-4H2,1H3;5H,2-4H2,1H3;1-2H3;4*2H2,1H3;3*1H4;1H3;2H2;;;/q;-1;;;;;;;;;;;-1;;2*+1;. The Hall–Kier alpha value is 2.21. The summed E-state index contributed by atoms with van der Waals surface area (Å²) in [5.41, 5.74) is 25.6. The van der Waals surface area contributed by atoms with Crippen LogP contribution in [-0.2, 0) is 23.4 Å². The summed E-state index contributed by atoms with van der Waals surface area (Å²) in [5.74, 6) is 17.2. The molecule has 2 heterocycles. The molecule has 2 rings (SSSR count). The van der Waals surface area contributed by atoms with E-state index in [1.54, 1.807) is 19.0 Å². The Morgan fingerprint density at radius 3 is 1.10 bits per heavy atom. The third kappa shape index (κ3) is 97.4. The molecule has 2 aliphatic rings. The van der Waals surface area contributed by atoms with E-state index >= 15 is 0 Å². The summed E-state index contributed by atoms with van der Waals surface area (Å²) in [7, 11) is 13.2. The molecule has 0 aliphatic carbocycles. The van der Waals surface area contributed by atoms with Crippen LogP contribution in [0.4, 0.5) is 9.59 Å². The molecule has 0 unspecified atom stereocenters. The molecule has 23 heteroatoms. The van der Waals surface area contributed by atoms with E-state index in [1.807, 2.05) is 14.1 Å². The molecular formula is C25H81ClN16O3Rb2V. The van der Waals surface area contributed by atoms with E-state index in [0.717, 1.165) is 37.7 Å². The SMILES string of the molecule is C.C.C.CC(C)=O.CN.CN.CN.CN.CN1CCN(N)C1=O.CN1CCN([NH-])C1=O.CNCCN.CNCCNN.NCl.[CH3-].[Rb+].[Rb+].[V]. The van der Waals surface area contributed by atoms with Gasteiger partial charge < -0.3 is 72.2 Å². The summed E-state index contributed by atoms with van der Waals surface area (Å²) in [6.07, 6.45) is 0. The van der Waals surface area contributed by atoms with Gasteiger partial charge in [0.15, 0.2) is 0 Å². The minimum atomic E-state index is -0.204. The van der Waals surface area contributed by atoms with Crippen LogP contribution >= 0.6 is 11.8 Å². The zero-order chi connectivity index (χ0) is 34.8. The number of rotatable bonds is 5. The van der Waals surface area contributed by atoms with Gasteiger partial charge in [0.25, 0.3) is 0 Å². The number of ketones is 1. The maximum absolute atomic E-state index is 10.6. The normalized spacial score (nSPS) is 10.0. The first-order chi connectivity index (χ1) is 19.5. The van der Waals surface area contributed by atoms with E-state index in [1.165, 1.54) is 51.9 Å². The first kappa shape index (κ1) is 98.1. The third-order valence-electron chi connectivity index (χ3n) is 3.38. The smallest absolute Gasteiger partial charge is 0.579 e. The number of amides is 4. The Morgan fingerprint density at radius 2 is 1.04 bits per heavy atom. The van der Waals surface area contributed by atoms with Crippen molar-refractivity contribution in [1.29, 1.82) is 0 Å². The van der Waals surface area contributed by atoms with Gasteiger partial charge in [-0.3, -0.25) is 21.1 Å². The molecule has 2 saturated heterocycles. The van der Waals surface area contributed by atoms with Gasteiger partial charge in [-0.2, -0.15) is 0 Å². The summed E-state index contributed by atoms with van der Waals surface area (Å²) in [6, 6.07) is -0.296. The zero-order valence-corrected chi connectivity index (χ0v) is 42.6. The van der Waals surface area contributed by atoms with Crippen molar-refractivity contribution in [1.82, 2.24) is 35.9 Å². The maximum atomic E-state index is 10.6. The van der Waals surface area contributed by atoms with Gasteiger partial charge in [-0.05, 0) is 67.9 Å². The number of nitrogens with two attached hydrogens (primary N) is 8. The van der Waals surface area contributed by atoms with Crippen LogP contribution in [-0.4, -0.2) is 146 Å². The fourth-order valence-electron chi connectivity index (χ4n) is 1.66. The Labute approximate surface area is 412 Å².